The summed E-state index contributed by atoms with van der Waals surface area (Å²) < 4.78 is 0. The molecule has 1 aromatic carbocycles. The molecular formula is C12H10N3O3+. The number of allylic oxidation sites excluding steroid dienone is 1. The molecule has 18 heavy (non-hydrogen) atoms. The van der Waals surface area contributed by atoms with Crippen LogP contribution in [0.3, 0.4) is 0 Å². The molecule has 2 amide bonds. The number of fused-ring (bicyclic) bond motifs is 1. The second-order valence-electron chi connectivity index (χ2n) is 3.87. The van der Waals surface area contributed by atoms with Gasteiger partial charge >= 0.3 is 5.70 Å². The summed E-state index contributed by atoms with van der Waals surface area (Å²) in [4.78, 5) is 27.7. The first kappa shape index (κ1) is 11.8. The van der Waals surface area contributed by atoms with Gasteiger partial charge in [-0.2, -0.15) is 0 Å². The predicted molar refractivity (Wildman–Crippen MR) is 62.2 cm³/mol. The molecule has 1 aliphatic heterocycles. The Morgan fingerprint density at radius 2 is 1.78 bits per heavy atom. The molecule has 1 N–H and O–H groups in total. The molecule has 6 nitrogen and oxygen atoms in total. The van der Waals surface area contributed by atoms with Crippen LogP contribution in [-0.4, -0.2) is 28.4 Å². The Kier molecular flexibility index (Phi) is 2.81. The zero-order chi connectivity index (χ0) is 13.3. The van der Waals surface area contributed by atoms with Crippen molar-refractivity contribution in [3.63, 3.8) is 0 Å². The van der Waals surface area contributed by atoms with E-state index in [1.54, 1.807) is 24.3 Å². The van der Waals surface area contributed by atoms with E-state index in [0.717, 1.165) is 4.90 Å². The lowest BCUT2D eigenvalue weighted by Crippen LogP contribution is -2.31. The molecule has 0 unspecified atom stereocenters. The van der Waals surface area contributed by atoms with Crippen LogP contribution in [0.2, 0.25) is 0 Å². The van der Waals surface area contributed by atoms with Gasteiger partial charge in [0.05, 0.1) is 11.1 Å². The first-order valence-electron chi connectivity index (χ1n) is 5.25. The first-order valence-corrected chi connectivity index (χ1v) is 5.25. The smallest absolute Gasteiger partial charge is 0.417 e. The molecule has 0 fully saturated rings. The number of carbonyl (C=O) groups excluding carboxylic acids is 2. The Bertz CT molecular complexity index is 574. The Labute approximate surface area is 103 Å². The minimum atomic E-state index is -0.460. The molecule has 2 rings (SSSR count). The standard InChI is InChI=1S/C12H9N3O3/c1-7(16)10(14-13)6-15-11(17)8-4-2-3-5-9(8)12(15)18/h2-5H,6H2,1H3/p+1/b10-7+. The van der Waals surface area contributed by atoms with E-state index >= 15 is 0 Å². The second-order valence-corrected chi connectivity index (χ2v) is 3.87. The van der Waals surface area contributed by atoms with E-state index in [9.17, 15) is 14.7 Å². The number of hydrogen-bond acceptors (Lipinski definition) is 4. The Morgan fingerprint density at radius 3 is 2.17 bits per heavy atom. The van der Waals surface area contributed by atoms with Crippen LogP contribution in [0.25, 0.3) is 4.98 Å². The van der Waals surface area contributed by atoms with Crippen LogP contribution in [0, 0.1) is 5.39 Å². The van der Waals surface area contributed by atoms with Crippen molar-refractivity contribution < 1.29 is 14.7 Å². The molecule has 1 aliphatic rings. The van der Waals surface area contributed by atoms with Gasteiger partial charge in [0.15, 0.2) is 10.7 Å². The largest absolute Gasteiger partial charge is 0.505 e. The van der Waals surface area contributed by atoms with Gasteiger partial charge in [-0.05, 0) is 12.1 Å². The number of nitrogens with zero attached hydrogens (tertiary/aromatic N) is 3. The van der Waals surface area contributed by atoms with Crippen molar-refractivity contribution in [1.82, 2.24) is 4.90 Å². The summed E-state index contributed by atoms with van der Waals surface area (Å²) in [6, 6.07) is 6.44. The van der Waals surface area contributed by atoms with E-state index in [-0.39, 0.29) is 18.0 Å². The van der Waals surface area contributed by atoms with Crippen molar-refractivity contribution >= 4 is 11.8 Å². The Morgan fingerprint density at radius 1 is 1.28 bits per heavy atom. The van der Waals surface area contributed by atoms with Gasteiger partial charge < -0.3 is 5.11 Å². The fraction of sp³-hybridized carbons (Fsp3) is 0.167. The van der Waals surface area contributed by atoms with Crippen molar-refractivity contribution in [3.05, 3.63) is 51.8 Å². The molecule has 1 heterocycles. The monoisotopic (exact) mass is 244 g/mol. The summed E-state index contributed by atoms with van der Waals surface area (Å²) in [6.07, 6.45) is 0. The van der Waals surface area contributed by atoms with Gasteiger partial charge in [0.2, 0.25) is 5.39 Å². The van der Waals surface area contributed by atoms with Gasteiger partial charge in [0.1, 0.15) is 6.54 Å². The van der Waals surface area contributed by atoms with Crippen LogP contribution in [0.1, 0.15) is 27.6 Å². The van der Waals surface area contributed by atoms with Gasteiger partial charge in [-0.1, -0.05) is 12.1 Å². The topological polar surface area (TPSA) is 85.8 Å². The average Bonchev–Trinajstić information content (AvgIpc) is 2.60. The molecule has 6 heteroatoms. The highest BCUT2D eigenvalue weighted by Gasteiger charge is 2.38. The highest BCUT2D eigenvalue weighted by molar-refractivity contribution is 6.21. The quantitative estimate of drug-likeness (QED) is 0.489. The third-order valence-electron chi connectivity index (χ3n) is 2.72. The zero-order valence-electron chi connectivity index (χ0n) is 9.62. The molecular weight excluding hydrogens is 234 g/mol. The number of aliphatic hydroxyl groups excluding tert-OH is 1. The number of benzene rings is 1. The molecule has 90 valence electrons. The summed E-state index contributed by atoms with van der Waals surface area (Å²) in [7, 11) is 0. The molecule has 0 saturated carbocycles. The molecule has 0 aliphatic carbocycles. The fourth-order valence-corrected chi connectivity index (χ4v) is 1.75. The van der Waals surface area contributed by atoms with Crippen molar-refractivity contribution in [1.29, 1.82) is 5.39 Å². The fourth-order valence-electron chi connectivity index (χ4n) is 1.75. The van der Waals surface area contributed by atoms with Crippen LogP contribution in [0.4, 0.5) is 0 Å². The summed E-state index contributed by atoms with van der Waals surface area (Å²) >= 11 is 0. The highest BCUT2D eigenvalue weighted by atomic mass is 16.3. The second kappa shape index (κ2) is 4.30. The van der Waals surface area contributed by atoms with E-state index in [1.807, 2.05) is 0 Å². The summed E-state index contributed by atoms with van der Waals surface area (Å²) in [5.74, 6) is -1.16. The summed E-state index contributed by atoms with van der Waals surface area (Å²) in [6.45, 7) is 1.05. The van der Waals surface area contributed by atoms with Crippen molar-refractivity contribution in [2.75, 3.05) is 6.54 Å². The number of imide groups is 1. The number of aliphatic hydroxyl groups is 1. The number of hydrogen-bond donors (Lipinski definition) is 1. The molecule has 0 aromatic heterocycles. The van der Waals surface area contributed by atoms with E-state index in [0.29, 0.717) is 11.1 Å². The molecule has 0 bridgehead atoms. The van der Waals surface area contributed by atoms with E-state index in [2.05, 4.69) is 4.98 Å². The lowest BCUT2D eigenvalue weighted by molar-refractivity contribution is 0.0668. The molecule has 0 atom stereocenters. The predicted octanol–water partition coefficient (Wildman–Crippen LogP) is 1.93. The van der Waals surface area contributed by atoms with Gasteiger partial charge in [0, 0.05) is 6.92 Å². The third kappa shape index (κ3) is 1.72. The van der Waals surface area contributed by atoms with Crippen molar-refractivity contribution in [3.8, 4) is 0 Å². The van der Waals surface area contributed by atoms with Crippen molar-refractivity contribution in [2.24, 2.45) is 0 Å². The van der Waals surface area contributed by atoms with Crippen LogP contribution in [-0.2, 0) is 0 Å². The molecule has 0 saturated heterocycles. The molecule has 1 aromatic rings. The number of carbonyl (C=O) groups is 2. The summed E-state index contributed by atoms with van der Waals surface area (Å²) in [5, 5.41) is 17.9. The van der Waals surface area contributed by atoms with E-state index in [4.69, 9.17) is 5.39 Å². The van der Waals surface area contributed by atoms with Gasteiger partial charge in [-0.25, -0.2) is 0 Å². The van der Waals surface area contributed by atoms with Gasteiger partial charge in [-0.3, -0.25) is 14.5 Å². The first-order chi connectivity index (χ1) is 8.56. The minimum Gasteiger partial charge on any atom is -0.505 e. The maximum Gasteiger partial charge on any atom is 0.417 e. The summed E-state index contributed by atoms with van der Waals surface area (Å²) in [5.41, 5.74) is 0.510. The zero-order valence-corrected chi connectivity index (χ0v) is 9.62. The number of rotatable bonds is 2. The van der Waals surface area contributed by atoms with Crippen LogP contribution >= 0.6 is 0 Å². The van der Waals surface area contributed by atoms with E-state index in [1.165, 1.54) is 6.92 Å². The highest BCUT2D eigenvalue weighted by Crippen LogP contribution is 2.23. The van der Waals surface area contributed by atoms with Crippen molar-refractivity contribution in [2.45, 2.75) is 6.92 Å². The van der Waals surface area contributed by atoms with E-state index < -0.39 is 11.8 Å². The van der Waals surface area contributed by atoms with Gasteiger partial charge in [0.25, 0.3) is 11.8 Å². The number of amides is 2. The molecule has 0 radical (unpaired) electrons. The normalized spacial score (nSPS) is 15.2. The maximum atomic E-state index is 12.0. The minimum absolute atomic E-state index is 0.121. The lowest BCUT2D eigenvalue weighted by atomic mass is 10.1. The lowest BCUT2D eigenvalue weighted by Gasteiger charge is -2.08. The van der Waals surface area contributed by atoms with Gasteiger partial charge in [-0.15, -0.1) is 0 Å². The molecule has 0 spiro atoms. The Balaban J connectivity index is 2.36. The van der Waals surface area contributed by atoms with Crippen LogP contribution in [0.5, 0.6) is 0 Å². The third-order valence-corrected chi connectivity index (χ3v) is 2.72. The SMILES string of the molecule is C/C(O)=C(/CN1C(=O)c2ccccc2C1=O)[N+]#N. The maximum absolute atomic E-state index is 12.0. The van der Waals surface area contributed by atoms with Crippen LogP contribution < -0.4 is 0 Å². The number of diazo groups is 1. The average molecular weight is 244 g/mol. The van der Waals surface area contributed by atoms with Crippen LogP contribution in [0.15, 0.2) is 35.7 Å². The Hall–Kier alpha value is -2.68.